The van der Waals surface area contributed by atoms with E-state index in [2.05, 4.69) is 30.1 Å². The van der Waals surface area contributed by atoms with E-state index in [0.717, 1.165) is 32.4 Å². The normalized spacial score (nSPS) is 25.3. The van der Waals surface area contributed by atoms with Crippen molar-refractivity contribution in [3.63, 3.8) is 0 Å². The average Bonchev–Trinajstić information content (AvgIpc) is 3.15. The molecule has 0 unspecified atom stereocenters. The SMILES string of the molecule is C[C@H]1c2[nH]c3ccccc3c2CCN1C(=O)[C@H]1CCCO1. The largest absolute Gasteiger partial charge is 0.368 e. The van der Waals surface area contributed by atoms with Gasteiger partial charge in [0.1, 0.15) is 6.10 Å². The molecule has 2 aromatic rings. The molecule has 110 valence electrons. The van der Waals surface area contributed by atoms with Crippen LogP contribution in [0.2, 0.25) is 0 Å². The first-order valence-corrected chi connectivity index (χ1v) is 7.77. The van der Waals surface area contributed by atoms with E-state index in [4.69, 9.17) is 4.74 Å². The van der Waals surface area contributed by atoms with E-state index in [-0.39, 0.29) is 18.1 Å². The summed E-state index contributed by atoms with van der Waals surface area (Å²) in [5, 5.41) is 1.29. The molecule has 2 aliphatic heterocycles. The van der Waals surface area contributed by atoms with E-state index in [1.807, 2.05) is 11.0 Å². The smallest absolute Gasteiger partial charge is 0.252 e. The Kier molecular flexibility index (Phi) is 3.00. The molecule has 0 bridgehead atoms. The topological polar surface area (TPSA) is 45.3 Å². The van der Waals surface area contributed by atoms with Gasteiger partial charge in [0.25, 0.3) is 5.91 Å². The summed E-state index contributed by atoms with van der Waals surface area (Å²) in [6.45, 7) is 3.62. The second-order valence-electron chi connectivity index (χ2n) is 6.02. The number of rotatable bonds is 1. The van der Waals surface area contributed by atoms with E-state index in [9.17, 15) is 4.79 Å². The Bertz CT molecular complexity index is 685. The molecule has 4 rings (SSSR count). The number of hydrogen-bond acceptors (Lipinski definition) is 2. The highest BCUT2D eigenvalue weighted by Crippen LogP contribution is 2.35. The van der Waals surface area contributed by atoms with Gasteiger partial charge in [0, 0.05) is 29.7 Å². The number of hydrogen-bond donors (Lipinski definition) is 1. The Balaban J connectivity index is 1.68. The number of aromatic nitrogens is 1. The van der Waals surface area contributed by atoms with Gasteiger partial charge in [-0.25, -0.2) is 0 Å². The van der Waals surface area contributed by atoms with Gasteiger partial charge in [-0.15, -0.1) is 0 Å². The lowest BCUT2D eigenvalue weighted by Gasteiger charge is -2.35. The maximum Gasteiger partial charge on any atom is 0.252 e. The summed E-state index contributed by atoms with van der Waals surface area (Å²) in [5.74, 6) is 0.157. The number of para-hydroxylation sites is 1. The van der Waals surface area contributed by atoms with Crippen molar-refractivity contribution in [2.45, 2.75) is 38.3 Å². The number of ether oxygens (including phenoxy) is 1. The van der Waals surface area contributed by atoms with Crippen molar-refractivity contribution in [2.24, 2.45) is 0 Å². The van der Waals surface area contributed by atoms with Crippen molar-refractivity contribution in [1.82, 2.24) is 9.88 Å². The van der Waals surface area contributed by atoms with Gasteiger partial charge in [0.05, 0.1) is 6.04 Å². The fourth-order valence-corrected chi connectivity index (χ4v) is 3.69. The molecular formula is C17H20N2O2. The molecule has 1 aromatic heterocycles. The zero-order chi connectivity index (χ0) is 14.4. The average molecular weight is 284 g/mol. The highest BCUT2D eigenvalue weighted by atomic mass is 16.5. The molecule has 1 fully saturated rings. The number of carbonyl (C=O) groups excluding carboxylic acids is 1. The Morgan fingerprint density at radius 2 is 2.24 bits per heavy atom. The highest BCUT2D eigenvalue weighted by Gasteiger charge is 2.35. The number of nitrogens with zero attached hydrogens (tertiary/aromatic N) is 1. The van der Waals surface area contributed by atoms with Crippen LogP contribution in [0.1, 0.15) is 37.1 Å². The lowest BCUT2D eigenvalue weighted by molar-refractivity contribution is -0.143. The first kappa shape index (κ1) is 12.9. The van der Waals surface area contributed by atoms with E-state index >= 15 is 0 Å². The molecule has 1 amide bonds. The molecule has 0 radical (unpaired) electrons. The molecule has 21 heavy (non-hydrogen) atoms. The number of carbonyl (C=O) groups is 1. The summed E-state index contributed by atoms with van der Waals surface area (Å²) in [6, 6.07) is 8.48. The third-order valence-electron chi connectivity index (χ3n) is 4.82. The van der Waals surface area contributed by atoms with Crippen molar-refractivity contribution in [3.05, 3.63) is 35.5 Å². The minimum atomic E-state index is -0.224. The molecule has 2 aliphatic rings. The fraction of sp³-hybridized carbons (Fsp3) is 0.471. The van der Waals surface area contributed by atoms with Crippen LogP contribution in [-0.2, 0) is 16.0 Å². The van der Waals surface area contributed by atoms with Crippen LogP contribution in [0.25, 0.3) is 10.9 Å². The van der Waals surface area contributed by atoms with Gasteiger partial charge in [0.15, 0.2) is 0 Å². The molecular weight excluding hydrogens is 264 g/mol. The second kappa shape index (κ2) is 4.88. The van der Waals surface area contributed by atoms with Gasteiger partial charge < -0.3 is 14.6 Å². The highest BCUT2D eigenvalue weighted by molar-refractivity contribution is 5.87. The van der Waals surface area contributed by atoms with Crippen molar-refractivity contribution in [3.8, 4) is 0 Å². The van der Waals surface area contributed by atoms with E-state index in [0.29, 0.717) is 0 Å². The predicted octanol–water partition coefficient (Wildman–Crippen LogP) is 2.79. The molecule has 4 heteroatoms. The van der Waals surface area contributed by atoms with Crippen molar-refractivity contribution >= 4 is 16.8 Å². The Labute approximate surface area is 124 Å². The summed E-state index contributed by atoms with van der Waals surface area (Å²) < 4.78 is 5.56. The van der Waals surface area contributed by atoms with Crippen molar-refractivity contribution < 1.29 is 9.53 Å². The summed E-state index contributed by atoms with van der Waals surface area (Å²) in [4.78, 5) is 18.1. The van der Waals surface area contributed by atoms with Crippen LogP contribution in [0.3, 0.4) is 0 Å². The number of benzene rings is 1. The molecule has 0 saturated carbocycles. The summed E-state index contributed by atoms with van der Waals surface area (Å²) >= 11 is 0. The molecule has 1 N–H and O–H groups in total. The number of aromatic amines is 1. The monoisotopic (exact) mass is 284 g/mol. The second-order valence-corrected chi connectivity index (χ2v) is 6.02. The minimum absolute atomic E-state index is 0.0952. The molecule has 3 heterocycles. The Morgan fingerprint density at radius 1 is 1.38 bits per heavy atom. The lowest BCUT2D eigenvalue weighted by Crippen LogP contribution is -2.44. The molecule has 4 nitrogen and oxygen atoms in total. The third kappa shape index (κ3) is 1.97. The van der Waals surface area contributed by atoms with Crippen molar-refractivity contribution in [1.29, 1.82) is 0 Å². The van der Waals surface area contributed by atoms with E-state index < -0.39 is 0 Å². The first-order valence-electron chi connectivity index (χ1n) is 7.77. The molecule has 0 aliphatic carbocycles. The van der Waals surface area contributed by atoms with Crippen LogP contribution in [0.5, 0.6) is 0 Å². The van der Waals surface area contributed by atoms with E-state index in [1.54, 1.807) is 0 Å². The third-order valence-corrected chi connectivity index (χ3v) is 4.82. The van der Waals surface area contributed by atoms with Gasteiger partial charge in [-0.1, -0.05) is 18.2 Å². The molecule has 2 atom stereocenters. The molecule has 1 saturated heterocycles. The number of H-pyrrole nitrogens is 1. The quantitative estimate of drug-likeness (QED) is 0.875. The maximum absolute atomic E-state index is 12.6. The molecule has 0 spiro atoms. The van der Waals surface area contributed by atoms with Crippen LogP contribution in [0, 0.1) is 0 Å². The van der Waals surface area contributed by atoms with Crippen LogP contribution in [0.4, 0.5) is 0 Å². The number of fused-ring (bicyclic) bond motifs is 3. The van der Waals surface area contributed by atoms with Crippen LogP contribution in [0.15, 0.2) is 24.3 Å². The van der Waals surface area contributed by atoms with Gasteiger partial charge >= 0.3 is 0 Å². The van der Waals surface area contributed by atoms with Gasteiger partial charge in [-0.3, -0.25) is 4.79 Å². The zero-order valence-electron chi connectivity index (χ0n) is 12.3. The number of nitrogens with one attached hydrogen (secondary N) is 1. The zero-order valence-corrected chi connectivity index (χ0v) is 12.3. The Hall–Kier alpha value is -1.81. The van der Waals surface area contributed by atoms with Crippen LogP contribution in [-0.4, -0.2) is 35.0 Å². The Morgan fingerprint density at radius 3 is 3.05 bits per heavy atom. The van der Waals surface area contributed by atoms with Gasteiger partial charge in [-0.2, -0.15) is 0 Å². The minimum Gasteiger partial charge on any atom is -0.368 e. The number of amides is 1. The van der Waals surface area contributed by atoms with Crippen LogP contribution < -0.4 is 0 Å². The summed E-state index contributed by atoms with van der Waals surface area (Å²) in [6.07, 6.45) is 2.55. The van der Waals surface area contributed by atoms with Crippen molar-refractivity contribution in [2.75, 3.05) is 13.2 Å². The standard InChI is InChI=1S/C17H20N2O2/c1-11-16-13(12-5-2-3-6-14(12)18-16)8-9-19(11)17(20)15-7-4-10-21-15/h2-3,5-6,11,15,18H,4,7-10H2,1H3/t11-,15+/m0/s1. The predicted molar refractivity (Wildman–Crippen MR) is 81.1 cm³/mol. The van der Waals surface area contributed by atoms with Gasteiger partial charge in [-0.05, 0) is 37.8 Å². The van der Waals surface area contributed by atoms with E-state index in [1.165, 1.54) is 22.2 Å². The fourth-order valence-electron chi connectivity index (χ4n) is 3.69. The summed E-state index contributed by atoms with van der Waals surface area (Å²) in [5.41, 5.74) is 3.73. The summed E-state index contributed by atoms with van der Waals surface area (Å²) in [7, 11) is 0. The van der Waals surface area contributed by atoms with Crippen LogP contribution >= 0.6 is 0 Å². The molecule has 1 aromatic carbocycles. The maximum atomic E-state index is 12.6. The first-order chi connectivity index (χ1) is 10.3. The lowest BCUT2D eigenvalue weighted by atomic mass is 9.97. The van der Waals surface area contributed by atoms with Gasteiger partial charge in [0.2, 0.25) is 0 Å².